The molecule has 4 saturated carbocycles. The van der Waals surface area contributed by atoms with E-state index in [1.54, 1.807) is 4.90 Å². The lowest BCUT2D eigenvalue weighted by Crippen LogP contribution is -2.57. The van der Waals surface area contributed by atoms with Gasteiger partial charge < -0.3 is 14.9 Å². The quantitative estimate of drug-likeness (QED) is 0.829. The Labute approximate surface area is 149 Å². The highest BCUT2D eigenvalue weighted by molar-refractivity contribution is 5.91. The maximum atomic E-state index is 13.6. The number of carbonyl (C=O) groups is 2. The van der Waals surface area contributed by atoms with Crippen molar-refractivity contribution < 1.29 is 14.7 Å². The van der Waals surface area contributed by atoms with Gasteiger partial charge in [0.25, 0.3) is 0 Å². The van der Waals surface area contributed by atoms with Gasteiger partial charge in [-0.25, -0.2) is 0 Å². The molecule has 0 radical (unpaired) electrons. The lowest BCUT2D eigenvalue weighted by molar-refractivity contribution is -0.161. The third-order valence-electron chi connectivity index (χ3n) is 7.77. The number of likely N-dealkylation sites (tertiary alicyclic amines) is 2. The summed E-state index contributed by atoms with van der Waals surface area (Å²) in [6.45, 7) is 1.82. The largest absolute Gasteiger partial charge is 0.391 e. The van der Waals surface area contributed by atoms with Crippen LogP contribution in [0.2, 0.25) is 0 Å². The van der Waals surface area contributed by atoms with Crippen molar-refractivity contribution in [2.45, 2.75) is 69.9 Å². The molecular weight excluding hydrogens is 316 g/mol. The van der Waals surface area contributed by atoms with Crippen molar-refractivity contribution in [1.29, 1.82) is 0 Å². The molecule has 2 heterocycles. The van der Waals surface area contributed by atoms with Crippen LogP contribution in [-0.2, 0) is 9.59 Å². The van der Waals surface area contributed by atoms with E-state index in [0.29, 0.717) is 25.4 Å². The van der Waals surface area contributed by atoms with Gasteiger partial charge in [0.1, 0.15) is 6.04 Å². The molecule has 2 saturated heterocycles. The Balaban J connectivity index is 1.35. The zero-order valence-electron chi connectivity index (χ0n) is 15.0. The summed E-state index contributed by atoms with van der Waals surface area (Å²) in [5.74, 6) is 2.62. The summed E-state index contributed by atoms with van der Waals surface area (Å²) in [5.41, 5.74) is -0.151. The molecule has 138 valence electrons. The van der Waals surface area contributed by atoms with E-state index in [4.69, 9.17) is 0 Å². The van der Waals surface area contributed by atoms with Crippen LogP contribution in [-0.4, -0.2) is 58.5 Å². The molecule has 5 heteroatoms. The van der Waals surface area contributed by atoms with Gasteiger partial charge in [0, 0.05) is 19.6 Å². The topological polar surface area (TPSA) is 60.9 Å². The Morgan fingerprint density at radius 3 is 2.12 bits per heavy atom. The second kappa shape index (κ2) is 5.70. The highest BCUT2D eigenvalue weighted by atomic mass is 16.3. The molecule has 0 unspecified atom stereocenters. The summed E-state index contributed by atoms with van der Waals surface area (Å²) in [7, 11) is 0. The molecule has 6 fully saturated rings. The maximum absolute atomic E-state index is 13.6. The van der Waals surface area contributed by atoms with Crippen molar-refractivity contribution in [3.8, 4) is 0 Å². The summed E-state index contributed by atoms with van der Waals surface area (Å²) >= 11 is 0. The van der Waals surface area contributed by atoms with Gasteiger partial charge in [-0.15, -0.1) is 0 Å². The fourth-order valence-corrected chi connectivity index (χ4v) is 7.10. The average molecular weight is 346 g/mol. The Morgan fingerprint density at radius 1 is 0.920 bits per heavy atom. The van der Waals surface area contributed by atoms with E-state index in [2.05, 4.69) is 0 Å². The van der Waals surface area contributed by atoms with Crippen LogP contribution in [0.15, 0.2) is 0 Å². The first-order valence-corrected chi connectivity index (χ1v) is 10.3. The molecule has 6 aliphatic rings. The zero-order chi connectivity index (χ0) is 17.2. The first kappa shape index (κ1) is 16.1. The fraction of sp³-hybridized carbons (Fsp3) is 0.900. The zero-order valence-corrected chi connectivity index (χ0v) is 15.0. The third-order valence-corrected chi connectivity index (χ3v) is 7.77. The van der Waals surface area contributed by atoms with E-state index in [1.807, 2.05) is 4.90 Å². The maximum Gasteiger partial charge on any atom is 0.245 e. The first-order valence-electron chi connectivity index (χ1n) is 10.3. The monoisotopic (exact) mass is 346 g/mol. The Hall–Kier alpha value is -1.10. The normalized spacial score (nSPS) is 45.4. The second-order valence-corrected chi connectivity index (χ2v) is 9.58. The first-order chi connectivity index (χ1) is 12.0. The smallest absolute Gasteiger partial charge is 0.245 e. The van der Waals surface area contributed by atoms with Crippen LogP contribution in [0.25, 0.3) is 0 Å². The molecule has 0 aromatic rings. The number of carbonyl (C=O) groups excluding carboxylic acids is 2. The third kappa shape index (κ3) is 2.53. The molecule has 0 spiro atoms. The molecule has 2 aliphatic heterocycles. The van der Waals surface area contributed by atoms with Crippen molar-refractivity contribution in [1.82, 2.24) is 9.80 Å². The number of aliphatic hydroxyl groups excluding tert-OH is 1. The van der Waals surface area contributed by atoms with Gasteiger partial charge in [0.15, 0.2) is 0 Å². The number of β-amino-alcohol motifs (C(OH)–C–C–N with tert-alkyl or cyclic N) is 1. The second-order valence-electron chi connectivity index (χ2n) is 9.58. The molecule has 25 heavy (non-hydrogen) atoms. The Bertz CT molecular complexity index is 554. The minimum atomic E-state index is -0.391. The molecule has 6 rings (SSSR count). The number of aliphatic hydroxyl groups is 1. The van der Waals surface area contributed by atoms with E-state index in [0.717, 1.165) is 56.4 Å². The van der Waals surface area contributed by atoms with E-state index in [1.165, 1.54) is 19.3 Å². The summed E-state index contributed by atoms with van der Waals surface area (Å²) in [4.78, 5) is 30.3. The Kier molecular flexibility index (Phi) is 3.67. The van der Waals surface area contributed by atoms with Crippen molar-refractivity contribution in [2.24, 2.45) is 23.2 Å². The molecule has 1 N–H and O–H groups in total. The molecule has 2 amide bonds. The summed E-state index contributed by atoms with van der Waals surface area (Å²) in [5, 5.41) is 9.75. The van der Waals surface area contributed by atoms with Crippen molar-refractivity contribution >= 4 is 11.8 Å². The molecule has 4 aliphatic carbocycles. The van der Waals surface area contributed by atoms with Crippen LogP contribution in [0.1, 0.15) is 57.8 Å². The van der Waals surface area contributed by atoms with Crippen LogP contribution in [0, 0.1) is 23.2 Å². The SMILES string of the molecule is O=C([C@@H]1CCCN1C(=O)C12CC3CC(CC(C3)C1)C2)N1CC[C@H](O)C1. The van der Waals surface area contributed by atoms with Gasteiger partial charge in [-0.05, 0) is 75.5 Å². The molecule has 0 aromatic heterocycles. The fourth-order valence-electron chi connectivity index (χ4n) is 7.10. The molecule has 2 atom stereocenters. The van der Waals surface area contributed by atoms with E-state index in [9.17, 15) is 14.7 Å². The van der Waals surface area contributed by atoms with Crippen LogP contribution < -0.4 is 0 Å². The molecular formula is C20H30N2O3. The lowest BCUT2D eigenvalue weighted by Gasteiger charge is -2.56. The van der Waals surface area contributed by atoms with Gasteiger partial charge in [0.05, 0.1) is 11.5 Å². The molecule has 4 bridgehead atoms. The van der Waals surface area contributed by atoms with Gasteiger partial charge in [-0.3, -0.25) is 9.59 Å². The van der Waals surface area contributed by atoms with E-state index in [-0.39, 0.29) is 17.4 Å². The number of amides is 2. The van der Waals surface area contributed by atoms with Crippen LogP contribution in [0.3, 0.4) is 0 Å². The molecule has 0 aromatic carbocycles. The number of rotatable bonds is 2. The highest BCUT2D eigenvalue weighted by Crippen LogP contribution is 2.60. The average Bonchev–Trinajstić information content (AvgIpc) is 3.21. The van der Waals surface area contributed by atoms with Gasteiger partial charge in [-0.2, -0.15) is 0 Å². The Morgan fingerprint density at radius 2 is 1.56 bits per heavy atom. The predicted octanol–water partition coefficient (Wildman–Crippen LogP) is 1.79. The summed E-state index contributed by atoms with van der Waals surface area (Å²) in [6.07, 6.45) is 9.21. The minimum absolute atomic E-state index is 0.0760. The van der Waals surface area contributed by atoms with Crippen LogP contribution in [0.4, 0.5) is 0 Å². The lowest BCUT2D eigenvalue weighted by atomic mass is 9.49. The van der Waals surface area contributed by atoms with Gasteiger partial charge in [-0.1, -0.05) is 0 Å². The van der Waals surface area contributed by atoms with Crippen molar-refractivity contribution in [2.75, 3.05) is 19.6 Å². The van der Waals surface area contributed by atoms with Crippen molar-refractivity contribution in [3.05, 3.63) is 0 Å². The van der Waals surface area contributed by atoms with E-state index >= 15 is 0 Å². The highest BCUT2D eigenvalue weighted by Gasteiger charge is 2.57. The number of nitrogens with zero attached hydrogens (tertiary/aromatic N) is 2. The predicted molar refractivity (Wildman–Crippen MR) is 92.5 cm³/mol. The number of hydrogen-bond donors (Lipinski definition) is 1. The molecule has 5 nitrogen and oxygen atoms in total. The summed E-state index contributed by atoms with van der Waals surface area (Å²) in [6, 6.07) is -0.272. The number of hydrogen-bond acceptors (Lipinski definition) is 3. The standard InChI is InChI=1S/C20H30N2O3/c23-16-3-5-21(12-16)18(24)17-2-1-4-22(17)19(25)20-9-13-6-14(10-20)8-15(7-13)11-20/h13-17,23H,1-12H2/t13?,14?,15?,16-,17-,20?/m0/s1. The van der Waals surface area contributed by atoms with Crippen molar-refractivity contribution in [3.63, 3.8) is 0 Å². The van der Waals surface area contributed by atoms with E-state index < -0.39 is 6.10 Å². The van der Waals surface area contributed by atoms with Gasteiger partial charge in [0.2, 0.25) is 11.8 Å². The van der Waals surface area contributed by atoms with Crippen LogP contribution >= 0.6 is 0 Å². The summed E-state index contributed by atoms with van der Waals surface area (Å²) < 4.78 is 0. The van der Waals surface area contributed by atoms with Crippen LogP contribution in [0.5, 0.6) is 0 Å². The minimum Gasteiger partial charge on any atom is -0.391 e. The van der Waals surface area contributed by atoms with Gasteiger partial charge >= 0.3 is 0 Å².